The molecule has 1 saturated heterocycles. The van der Waals surface area contributed by atoms with E-state index in [0.717, 1.165) is 17.0 Å². The SMILES string of the molecule is CCc1ccc(N2CC(=O)N(CC#N)C(=O)C2C)cc1. The van der Waals surface area contributed by atoms with Crippen molar-refractivity contribution in [3.8, 4) is 6.07 Å². The molecule has 1 aliphatic heterocycles. The summed E-state index contributed by atoms with van der Waals surface area (Å²) in [5, 5.41) is 8.67. The van der Waals surface area contributed by atoms with Crippen LogP contribution in [0.5, 0.6) is 0 Å². The highest BCUT2D eigenvalue weighted by atomic mass is 16.2. The lowest BCUT2D eigenvalue weighted by Crippen LogP contribution is -2.59. The molecule has 0 aliphatic carbocycles. The fourth-order valence-electron chi connectivity index (χ4n) is 2.32. The predicted molar refractivity (Wildman–Crippen MR) is 75.0 cm³/mol. The van der Waals surface area contributed by atoms with Crippen LogP contribution in [0.4, 0.5) is 5.69 Å². The zero-order chi connectivity index (χ0) is 14.7. The van der Waals surface area contributed by atoms with E-state index in [-0.39, 0.29) is 24.9 Å². The Balaban J connectivity index is 2.23. The van der Waals surface area contributed by atoms with E-state index in [1.165, 1.54) is 5.56 Å². The van der Waals surface area contributed by atoms with Gasteiger partial charge in [-0.05, 0) is 31.0 Å². The lowest BCUT2D eigenvalue weighted by molar-refractivity contribution is -0.146. The van der Waals surface area contributed by atoms with Crippen LogP contribution < -0.4 is 4.90 Å². The summed E-state index contributed by atoms with van der Waals surface area (Å²) < 4.78 is 0. The molecule has 0 saturated carbocycles. The third-order valence-electron chi connectivity index (χ3n) is 3.60. The molecule has 0 bridgehead atoms. The number of carbonyl (C=O) groups excluding carboxylic acids is 2. The molecule has 1 aliphatic rings. The Morgan fingerprint density at radius 2 is 1.95 bits per heavy atom. The zero-order valence-electron chi connectivity index (χ0n) is 11.7. The van der Waals surface area contributed by atoms with Crippen LogP contribution in [0.2, 0.25) is 0 Å². The number of carbonyl (C=O) groups is 2. The van der Waals surface area contributed by atoms with E-state index in [9.17, 15) is 9.59 Å². The average molecular weight is 271 g/mol. The number of aryl methyl sites for hydroxylation is 1. The summed E-state index contributed by atoms with van der Waals surface area (Å²) in [6.07, 6.45) is 0.948. The number of hydrogen-bond donors (Lipinski definition) is 0. The number of nitrogens with zero attached hydrogens (tertiary/aromatic N) is 3. The molecule has 0 aromatic heterocycles. The highest BCUT2D eigenvalue weighted by Crippen LogP contribution is 2.22. The molecule has 1 aromatic rings. The van der Waals surface area contributed by atoms with E-state index < -0.39 is 6.04 Å². The molecule has 1 unspecified atom stereocenters. The van der Waals surface area contributed by atoms with Gasteiger partial charge in [0.25, 0.3) is 5.91 Å². The Morgan fingerprint density at radius 1 is 1.30 bits per heavy atom. The summed E-state index contributed by atoms with van der Waals surface area (Å²) in [4.78, 5) is 26.9. The second-order valence-corrected chi connectivity index (χ2v) is 4.80. The minimum atomic E-state index is -0.437. The zero-order valence-corrected chi connectivity index (χ0v) is 11.7. The van der Waals surface area contributed by atoms with Gasteiger partial charge in [0.1, 0.15) is 12.6 Å². The first-order valence-corrected chi connectivity index (χ1v) is 6.65. The quantitative estimate of drug-likeness (QED) is 0.614. The highest BCUT2D eigenvalue weighted by molar-refractivity contribution is 6.04. The van der Waals surface area contributed by atoms with Crippen LogP contribution in [0.3, 0.4) is 0 Å². The smallest absolute Gasteiger partial charge is 0.252 e. The molecule has 104 valence electrons. The van der Waals surface area contributed by atoms with Crippen molar-refractivity contribution in [1.82, 2.24) is 4.90 Å². The fourth-order valence-corrected chi connectivity index (χ4v) is 2.32. The molecule has 0 spiro atoms. The summed E-state index contributed by atoms with van der Waals surface area (Å²) >= 11 is 0. The summed E-state index contributed by atoms with van der Waals surface area (Å²) in [6.45, 7) is 3.78. The molecule has 20 heavy (non-hydrogen) atoms. The Bertz CT molecular complexity index is 559. The number of imide groups is 1. The third-order valence-corrected chi connectivity index (χ3v) is 3.60. The molecule has 0 N–H and O–H groups in total. The van der Waals surface area contributed by atoms with Gasteiger partial charge in [0.15, 0.2) is 0 Å². The lowest BCUT2D eigenvalue weighted by atomic mass is 10.1. The van der Waals surface area contributed by atoms with E-state index in [1.54, 1.807) is 11.8 Å². The molecule has 1 aromatic carbocycles. The van der Waals surface area contributed by atoms with Crippen LogP contribution in [0.1, 0.15) is 19.4 Å². The van der Waals surface area contributed by atoms with Crippen molar-refractivity contribution in [3.63, 3.8) is 0 Å². The van der Waals surface area contributed by atoms with E-state index in [0.29, 0.717) is 0 Å². The number of nitriles is 1. The van der Waals surface area contributed by atoms with Crippen molar-refractivity contribution >= 4 is 17.5 Å². The molecular weight excluding hydrogens is 254 g/mol. The predicted octanol–water partition coefficient (Wildman–Crippen LogP) is 1.34. The molecule has 1 atom stereocenters. The van der Waals surface area contributed by atoms with Crippen LogP contribution in [0.25, 0.3) is 0 Å². The van der Waals surface area contributed by atoms with Crippen molar-refractivity contribution in [1.29, 1.82) is 5.26 Å². The average Bonchev–Trinajstić information content (AvgIpc) is 2.47. The number of hydrogen-bond acceptors (Lipinski definition) is 4. The van der Waals surface area contributed by atoms with Crippen LogP contribution in [-0.2, 0) is 16.0 Å². The summed E-state index contributed by atoms with van der Waals surface area (Å²) in [5.41, 5.74) is 2.06. The first kappa shape index (κ1) is 14.1. The first-order chi connectivity index (χ1) is 9.58. The van der Waals surface area contributed by atoms with E-state index in [4.69, 9.17) is 5.26 Å². The second kappa shape index (κ2) is 5.74. The van der Waals surface area contributed by atoms with Gasteiger partial charge < -0.3 is 4.90 Å². The Morgan fingerprint density at radius 3 is 2.50 bits per heavy atom. The fraction of sp³-hybridized carbons (Fsp3) is 0.400. The Labute approximate surface area is 118 Å². The molecule has 1 fully saturated rings. The third kappa shape index (κ3) is 2.50. The summed E-state index contributed by atoms with van der Waals surface area (Å²) in [7, 11) is 0. The lowest BCUT2D eigenvalue weighted by Gasteiger charge is -2.38. The number of rotatable bonds is 3. The van der Waals surface area contributed by atoms with Gasteiger partial charge >= 0.3 is 0 Å². The first-order valence-electron chi connectivity index (χ1n) is 6.65. The van der Waals surface area contributed by atoms with E-state index in [1.807, 2.05) is 30.3 Å². The minimum Gasteiger partial charge on any atom is -0.350 e. The maximum Gasteiger partial charge on any atom is 0.252 e. The largest absolute Gasteiger partial charge is 0.350 e. The Kier molecular flexibility index (Phi) is 4.04. The molecule has 2 amide bonds. The summed E-state index contributed by atoms with van der Waals surface area (Å²) in [6, 6.07) is 9.27. The van der Waals surface area contributed by atoms with Crippen LogP contribution in [0.15, 0.2) is 24.3 Å². The van der Waals surface area contributed by atoms with Crippen LogP contribution in [-0.4, -0.2) is 35.8 Å². The van der Waals surface area contributed by atoms with Crippen molar-refractivity contribution in [2.45, 2.75) is 26.3 Å². The van der Waals surface area contributed by atoms with Crippen molar-refractivity contribution < 1.29 is 9.59 Å². The normalized spacial score (nSPS) is 19.1. The van der Waals surface area contributed by atoms with Gasteiger partial charge in [-0.1, -0.05) is 19.1 Å². The van der Waals surface area contributed by atoms with Gasteiger partial charge in [0, 0.05) is 5.69 Å². The van der Waals surface area contributed by atoms with Crippen LogP contribution >= 0.6 is 0 Å². The van der Waals surface area contributed by atoms with Gasteiger partial charge in [-0.25, -0.2) is 0 Å². The molecular formula is C15H17N3O2. The van der Waals surface area contributed by atoms with Gasteiger partial charge in [-0.15, -0.1) is 0 Å². The second-order valence-electron chi connectivity index (χ2n) is 4.80. The Hall–Kier alpha value is -2.35. The molecule has 5 nitrogen and oxygen atoms in total. The molecule has 0 radical (unpaired) electrons. The van der Waals surface area contributed by atoms with E-state index in [2.05, 4.69) is 6.92 Å². The monoisotopic (exact) mass is 271 g/mol. The summed E-state index contributed by atoms with van der Waals surface area (Å²) in [5.74, 6) is -0.642. The molecule has 5 heteroatoms. The number of piperazine rings is 1. The topological polar surface area (TPSA) is 64.4 Å². The highest BCUT2D eigenvalue weighted by Gasteiger charge is 2.36. The maximum atomic E-state index is 12.1. The van der Waals surface area contributed by atoms with Crippen molar-refractivity contribution in [2.75, 3.05) is 18.0 Å². The van der Waals surface area contributed by atoms with Crippen LogP contribution in [0, 0.1) is 11.3 Å². The van der Waals surface area contributed by atoms with E-state index >= 15 is 0 Å². The van der Waals surface area contributed by atoms with Gasteiger partial charge in [-0.2, -0.15) is 5.26 Å². The standard InChI is InChI=1S/C15H17N3O2/c1-3-12-4-6-13(7-5-12)18-10-14(19)17(9-8-16)15(20)11(18)2/h4-7,11H,3,9-10H2,1-2H3. The van der Waals surface area contributed by atoms with Crippen molar-refractivity contribution in [2.24, 2.45) is 0 Å². The van der Waals surface area contributed by atoms with Gasteiger partial charge in [-0.3, -0.25) is 14.5 Å². The minimum absolute atomic E-state index is 0.125. The molecule has 1 heterocycles. The number of benzene rings is 1. The maximum absolute atomic E-state index is 12.1. The number of amides is 2. The van der Waals surface area contributed by atoms with Gasteiger partial charge in [0.2, 0.25) is 5.91 Å². The van der Waals surface area contributed by atoms with Crippen molar-refractivity contribution in [3.05, 3.63) is 29.8 Å². The molecule has 2 rings (SSSR count). The van der Waals surface area contributed by atoms with Gasteiger partial charge in [0.05, 0.1) is 12.6 Å². The number of anilines is 1.